The minimum absolute atomic E-state index is 0.0176. The van der Waals surface area contributed by atoms with Gasteiger partial charge in [-0.1, -0.05) is 24.4 Å². The first-order valence-electron chi connectivity index (χ1n) is 14.7. The number of aromatic nitrogens is 3. The predicted octanol–water partition coefficient (Wildman–Crippen LogP) is 6.00. The van der Waals surface area contributed by atoms with Gasteiger partial charge in [0.25, 0.3) is 10.0 Å². The molecule has 2 aromatic heterocycles. The summed E-state index contributed by atoms with van der Waals surface area (Å²) in [5.74, 6) is -0.483. The van der Waals surface area contributed by atoms with E-state index in [-0.39, 0.29) is 17.9 Å². The van der Waals surface area contributed by atoms with Crippen molar-refractivity contribution in [3.05, 3.63) is 91.1 Å². The highest BCUT2D eigenvalue weighted by Crippen LogP contribution is 2.30. The van der Waals surface area contributed by atoms with Gasteiger partial charge in [0.1, 0.15) is 12.1 Å². The quantitative estimate of drug-likeness (QED) is 0.114. The zero-order valence-electron chi connectivity index (χ0n) is 25.9. The van der Waals surface area contributed by atoms with Gasteiger partial charge < -0.3 is 19.5 Å². The molecule has 0 radical (unpaired) electrons. The molecule has 0 spiro atoms. The van der Waals surface area contributed by atoms with E-state index in [0.29, 0.717) is 22.0 Å². The zero-order chi connectivity index (χ0) is 32.8. The molecule has 0 aliphatic carbocycles. The molecule has 0 saturated heterocycles. The number of carbonyl (C=O) groups is 1. The zero-order valence-corrected chi connectivity index (χ0v) is 26.7. The van der Waals surface area contributed by atoms with Gasteiger partial charge in [-0.25, -0.2) is 14.4 Å². The van der Waals surface area contributed by atoms with Crippen LogP contribution in [0.25, 0.3) is 22.2 Å². The number of fused-ring (bicyclic) bond motifs is 1. The lowest BCUT2D eigenvalue weighted by Gasteiger charge is -2.27. The number of hydrogen-bond donors (Lipinski definition) is 1. The maximum atomic E-state index is 14.2. The number of sulfonamides is 1. The van der Waals surface area contributed by atoms with E-state index in [1.807, 2.05) is 12.1 Å². The number of anilines is 3. The Kier molecular flexibility index (Phi) is 9.83. The summed E-state index contributed by atoms with van der Waals surface area (Å²) in [6.07, 6.45) is 3.58. The average Bonchev–Trinajstić information content (AvgIpc) is 3.46. The highest BCUT2D eigenvalue weighted by Gasteiger charge is 2.28. The molecule has 46 heavy (non-hydrogen) atoms. The molecule has 1 N–H and O–H groups in total. The van der Waals surface area contributed by atoms with E-state index in [0.717, 1.165) is 53.9 Å². The van der Waals surface area contributed by atoms with Crippen molar-refractivity contribution in [1.82, 2.24) is 19.4 Å². The summed E-state index contributed by atoms with van der Waals surface area (Å²) in [4.78, 5) is 26.8. The second-order valence-electron chi connectivity index (χ2n) is 10.5. The lowest BCUT2D eigenvalue weighted by Crippen LogP contribution is -2.35. The largest absolute Gasteiger partial charge is 0.494 e. The molecule has 0 amide bonds. The van der Waals surface area contributed by atoms with Gasteiger partial charge in [-0.3, -0.25) is 9.69 Å². The van der Waals surface area contributed by atoms with Crippen LogP contribution in [-0.2, 0) is 26.2 Å². The number of likely N-dealkylation sites (N-methyl/N-ethyl adjacent to an activating group) is 1. The SMILES string of the molecule is CCN(CC)C(C)Cn1ccc2cc(-c3cc(Nc4ccc(N(OC=O)S(=O)(=O)c5ccc(OC)c(F)c5)cc4)ncn3)ccc21. The van der Waals surface area contributed by atoms with Gasteiger partial charge in [0, 0.05) is 47.0 Å². The molecule has 0 fully saturated rings. The maximum Gasteiger partial charge on any atom is 0.322 e. The van der Waals surface area contributed by atoms with Gasteiger partial charge in [0.05, 0.1) is 23.4 Å². The minimum atomic E-state index is -4.46. The Morgan fingerprint density at radius 2 is 1.76 bits per heavy atom. The molecule has 0 bridgehead atoms. The van der Waals surface area contributed by atoms with Crippen LogP contribution in [0.4, 0.5) is 21.6 Å². The van der Waals surface area contributed by atoms with E-state index in [9.17, 15) is 17.6 Å². The number of halogens is 1. The van der Waals surface area contributed by atoms with Gasteiger partial charge in [-0.15, -0.1) is 0 Å². The molecule has 0 aliphatic rings. The van der Waals surface area contributed by atoms with Crippen LogP contribution in [-0.4, -0.2) is 60.6 Å². The smallest absolute Gasteiger partial charge is 0.322 e. The number of rotatable bonds is 14. The Hall–Kier alpha value is -5.01. The average molecular weight is 647 g/mol. The summed E-state index contributed by atoms with van der Waals surface area (Å²) >= 11 is 0. The highest BCUT2D eigenvalue weighted by molar-refractivity contribution is 7.92. The minimum Gasteiger partial charge on any atom is -0.494 e. The third-order valence-corrected chi connectivity index (χ3v) is 9.34. The van der Waals surface area contributed by atoms with Gasteiger partial charge >= 0.3 is 6.47 Å². The van der Waals surface area contributed by atoms with Crippen molar-refractivity contribution in [1.29, 1.82) is 0 Å². The number of benzene rings is 3. The van der Waals surface area contributed by atoms with Crippen molar-refractivity contribution in [3.63, 3.8) is 0 Å². The summed E-state index contributed by atoms with van der Waals surface area (Å²) in [5.41, 5.74) is 3.42. The molecule has 240 valence electrons. The van der Waals surface area contributed by atoms with Crippen LogP contribution in [0.5, 0.6) is 5.75 Å². The van der Waals surface area contributed by atoms with E-state index in [1.54, 1.807) is 12.1 Å². The van der Waals surface area contributed by atoms with Crippen molar-refractivity contribution in [2.75, 3.05) is 30.0 Å². The third-order valence-electron chi connectivity index (χ3n) is 7.76. The molecule has 13 heteroatoms. The fourth-order valence-electron chi connectivity index (χ4n) is 5.36. The van der Waals surface area contributed by atoms with Crippen molar-refractivity contribution >= 4 is 44.6 Å². The third kappa shape index (κ3) is 6.80. The predicted molar refractivity (Wildman–Crippen MR) is 175 cm³/mol. The van der Waals surface area contributed by atoms with Crippen LogP contribution < -0.4 is 14.5 Å². The normalized spacial score (nSPS) is 12.2. The highest BCUT2D eigenvalue weighted by atomic mass is 32.2. The molecular weight excluding hydrogens is 611 g/mol. The van der Waals surface area contributed by atoms with Gasteiger partial charge in [0.2, 0.25) is 0 Å². The summed E-state index contributed by atoms with van der Waals surface area (Å²) in [5, 5.41) is 4.30. The molecule has 1 atom stereocenters. The molecule has 0 aliphatic heterocycles. The Labute approximate surface area is 267 Å². The number of nitrogens with one attached hydrogen (secondary N) is 1. The summed E-state index contributed by atoms with van der Waals surface area (Å²) in [7, 11) is -3.20. The van der Waals surface area contributed by atoms with E-state index >= 15 is 0 Å². The first-order chi connectivity index (χ1) is 22.2. The Balaban J connectivity index is 1.33. The summed E-state index contributed by atoms with van der Waals surface area (Å²) in [6.45, 7) is 9.51. The fraction of sp³-hybridized carbons (Fsp3) is 0.242. The van der Waals surface area contributed by atoms with E-state index < -0.39 is 20.7 Å². The lowest BCUT2D eigenvalue weighted by molar-refractivity contribution is -0.128. The maximum absolute atomic E-state index is 14.2. The van der Waals surface area contributed by atoms with Crippen molar-refractivity contribution in [2.24, 2.45) is 0 Å². The van der Waals surface area contributed by atoms with Crippen LogP contribution in [0.15, 0.2) is 90.2 Å². The van der Waals surface area contributed by atoms with Crippen LogP contribution in [0.2, 0.25) is 0 Å². The van der Waals surface area contributed by atoms with Crippen molar-refractivity contribution < 1.29 is 27.2 Å². The van der Waals surface area contributed by atoms with E-state index in [4.69, 9.17) is 9.57 Å². The molecule has 3 aromatic carbocycles. The van der Waals surface area contributed by atoms with E-state index in [2.05, 4.69) is 69.9 Å². The molecule has 5 rings (SSSR count). The number of methoxy groups -OCH3 is 1. The first-order valence-corrected chi connectivity index (χ1v) is 16.1. The van der Waals surface area contributed by atoms with Gasteiger partial charge in [-0.2, -0.15) is 8.42 Å². The topological polar surface area (TPSA) is 119 Å². The standard InChI is InChI=1S/C33H35FN6O5S/c1-5-38(6-2)23(3)20-39-16-15-25-17-24(7-13-31(25)39)30-19-33(36-21-35-30)37-26-8-10-27(11-9-26)40(45-22-41)46(42,43)28-12-14-32(44-4)29(34)18-28/h7-19,21-23H,5-6,20H2,1-4H3,(H,35,36,37). The molecule has 0 saturated carbocycles. The summed E-state index contributed by atoms with van der Waals surface area (Å²) in [6, 6.07) is 19.8. The van der Waals surface area contributed by atoms with Crippen LogP contribution in [0.1, 0.15) is 20.8 Å². The Morgan fingerprint density at radius 3 is 2.43 bits per heavy atom. The Morgan fingerprint density at radius 1 is 1.00 bits per heavy atom. The van der Waals surface area contributed by atoms with Crippen LogP contribution in [0.3, 0.4) is 0 Å². The van der Waals surface area contributed by atoms with Crippen LogP contribution in [0, 0.1) is 5.82 Å². The lowest BCUT2D eigenvalue weighted by atomic mass is 10.1. The molecular formula is C33H35FN6O5S. The second kappa shape index (κ2) is 14.0. The van der Waals surface area contributed by atoms with Crippen molar-refractivity contribution in [2.45, 2.75) is 38.3 Å². The fourth-order valence-corrected chi connectivity index (χ4v) is 6.59. The number of carbonyl (C=O) groups excluding carboxylic acids is 1. The molecule has 2 heterocycles. The molecule has 1 unspecified atom stereocenters. The number of nitrogens with zero attached hydrogens (tertiary/aromatic N) is 5. The number of hydrogen-bond acceptors (Lipinski definition) is 9. The van der Waals surface area contributed by atoms with Gasteiger partial charge in [0.15, 0.2) is 11.6 Å². The first kappa shape index (κ1) is 32.4. The Bertz CT molecular complexity index is 1930. The monoisotopic (exact) mass is 646 g/mol. The van der Waals surface area contributed by atoms with Gasteiger partial charge in [-0.05, 0) is 80.7 Å². The molecule has 5 aromatic rings. The summed E-state index contributed by atoms with van der Waals surface area (Å²) < 4.78 is 48.2. The van der Waals surface area contributed by atoms with E-state index in [1.165, 1.54) is 31.6 Å². The number of ether oxygens (including phenoxy) is 1. The van der Waals surface area contributed by atoms with Crippen LogP contribution >= 0.6 is 0 Å². The van der Waals surface area contributed by atoms with Crippen molar-refractivity contribution in [3.8, 4) is 17.0 Å². The molecule has 11 nitrogen and oxygen atoms in total. The second-order valence-corrected chi connectivity index (χ2v) is 12.3.